The molecule has 0 aliphatic heterocycles. The Kier molecular flexibility index (Phi) is 10.2. The fourth-order valence-corrected chi connectivity index (χ4v) is 4.29. The third kappa shape index (κ3) is 8.96. The standard InChI is InChI=1S/C27H32F3NO6/c1-2-35-24(25(32)33)16-19-10-12-22(13-11-19)36-15-14-31(18-20-6-3-4-7-20)26(34)37-23-9-5-8-21(17-23)27(28,29)30/h5,8-13,17,20,24H,2-4,6-7,14-16,18H2,1H3,(H,32,33). The summed E-state index contributed by atoms with van der Waals surface area (Å²) in [7, 11) is 0. The number of rotatable bonds is 12. The predicted molar refractivity (Wildman–Crippen MR) is 130 cm³/mol. The molecule has 1 saturated carbocycles. The maximum absolute atomic E-state index is 13.0. The fourth-order valence-electron chi connectivity index (χ4n) is 4.29. The van der Waals surface area contributed by atoms with E-state index in [9.17, 15) is 27.9 Å². The van der Waals surface area contributed by atoms with Crippen molar-refractivity contribution in [3.63, 3.8) is 0 Å². The lowest BCUT2D eigenvalue weighted by atomic mass is 10.1. The number of halogens is 3. The summed E-state index contributed by atoms with van der Waals surface area (Å²) in [6, 6.07) is 11.2. The second kappa shape index (κ2) is 13.3. The van der Waals surface area contributed by atoms with Crippen LogP contribution in [0.15, 0.2) is 48.5 Å². The number of carboxylic acids is 1. The summed E-state index contributed by atoms with van der Waals surface area (Å²) in [6.45, 7) is 2.82. The Balaban J connectivity index is 1.58. The van der Waals surface area contributed by atoms with Crippen LogP contribution in [0, 0.1) is 5.92 Å². The molecule has 0 saturated heterocycles. The van der Waals surface area contributed by atoms with Crippen LogP contribution in [0.2, 0.25) is 0 Å². The molecular formula is C27H32F3NO6. The summed E-state index contributed by atoms with van der Waals surface area (Å²) in [4.78, 5) is 25.6. The highest BCUT2D eigenvalue weighted by atomic mass is 19.4. The smallest absolute Gasteiger partial charge is 0.416 e. The topological polar surface area (TPSA) is 85.3 Å². The van der Waals surface area contributed by atoms with Gasteiger partial charge in [-0.3, -0.25) is 0 Å². The molecule has 7 nitrogen and oxygen atoms in total. The lowest BCUT2D eigenvalue weighted by Gasteiger charge is -2.25. The predicted octanol–water partition coefficient (Wildman–Crippen LogP) is 5.81. The molecule has 1 aliphatic rings. The maximum atomic E-state index is 13.0. The van der Waals surface area contributed by atoms with Crippen molar-refractivity contribution in [1.82, 2.24) is 4.90 Å². The van der Waals surface area contributed by atoms with Gasteiger partial charge in [-0.25, -0.2) is 9.59 Å². The minimum atomic E-state index is -4.53. The quantitative estimate of drug-likeness (QED) is 0.378. The van der Waals surface area contributed by atoms with Crippen molar-refractivity contribution in [2.45, 2.75) is 51.3 Å². The van der Waals surface area contributed by atoms with Crippen LogP contribution < -0.4 is 9.47 Å². The van der Waals surface area contributed by atoms with Crippen LogP contribution in [-0.4, -0.2) is 54.5 Å². The Labute approximate surface area is 214 Å². The van der Waals surface area contributed by atoms with E-state index in [1.54, 1.807) is 31.2 Å². The van der Waals surface area contributed by atoms with Crippen molar-refractivity contribution in [3.05, 3.63) is 59.7 Å². The van der Waals surface area contributed by atoms with Crippen LogP contribution in [0.4, 0.5) is 18.0 Å². The number of hydrogen-bond acceptors (Lipinski definition) is 5. The molecule has 37 heavy (non-hydrogen) atoms. The summed E-state index contributed by atoms with van der Waals surface area (Å²) in [6.07, 6.45) is -1.84. The van der Waals surface area contributed by atoms with E-state index < -0.39 is 29.9 Å². The summed E-state index contributed by atoms with van der Waals surface area (Å²) in [5, 5.41) is 9.24. The fraction of sp³-hybridized carbons (Fsp3) is 0.481. The van der Waals surface area contributed by atoms with Crippen molar-refractivity contribution >= 4 is 12.1 Å². The highest BCUT2D eigenvalue weighted by Gasteiger charge is 2.31. The molecule has 202 valence electrons. The number of amides is 1. The number of ether oxygens (including phenoxy) is 3. The molecule has 0 spiro atoms. The monoisotopic (exact) mass is 523 g/mol. The minimum Gasteiger partial charge on any atom is -0.492 e. The SMILES string of the molecule is CCOC(Cc1ccc(OCCN(CC2CCCC2)C(=O)Oc2cccc(C(F)(F)F)c2)cc1)C(=O)O. The van der Waals surface area contributed by atoms with Gasteiger partial charge in [0.2, 0.25) is 0 Å². The number of alkyl halides is 3. The molecule has 0 radical (unpaired) electrons. The second-order valence-electron chi connectivity index (χ2n) is 8.97. The molecule has 2 aromatic rings. The number of hydrogen-bond donors (Lipinski definition) is 1. The summed E-state index contributed by atoms with van der Waals surface area (Å²) in [5.41, 5.74) is -0.108. The Morgan fingerprint density at radius 2 is 1.78 bits per heavy atom. The molecule has 1 atom stereocenters. The molecule has 2 aromatic carbocycles. The maximum Gasteiger partial charge on any atom is 0.416 e. The van der Waals surface area contributed by atoms with E-state index in [-0.39, 0.29) is 25.3 Å². The molecule has 0 heterocycles. The van der Waals surface area contributed by atoms with Crippen molar-refractivity contribution in [2.75, 3.05) is 26.3 Å². The second-order valence-corrected chi connectivity index (χ2v) is 8.97. The van der Waals surface area contributed by atoms with Crippen molar-refractivity contribution in [1.29, 1.82) is 0 Å². The highest BCUT2D eigenvalue weighted by Crippen LogP contribution is 2.31. The summed E-state index contributed by atoms with van der Waals surface area (Å²) >= 11 is 0. The first kappa shape index (κ1) is 28.3. The Morgan fingerprint density at radius 1 is 1.08 bits per heavy atom. The van der Waals surface area contributed by atoms with Gasteiger partial charge in [-0.2, -0.15) is 13.2 Å². The van der Waals surface area contributed by atoms with Crippen molar-refractivity contribution in [3.8, 4) is 11.5 Å². The van der Waals surface area contributed by atoms with Crippen molar-refractivity contribution < 1.29 is 42.1 Å². The zero-order valence-electron chi connectivity index (χ0n) is 20.7. The van der Waals surface area contributed by atoms with Gasteiger partial charge in [0.15, 0.2) is 6.10 Å². The van der Waals surface area contributed by atoms with Crippen LogP contribution in [0.1, 0.15) is 43.7 Å². The van der Waals surface area contributed by atoms with E-state index in [0.29, 0.717) is 24.8 Å². The van der Waals surface area contributed by atoms with E-state index in [0.717, 1.165) is 43.4 Å². The molecule has 0 aromatic heterocycles. The number of carbonyl (C=O) groups excluding carboxylic acids is 1. The lowest BCUT2D eigenvalue weighted by molar-refractivity contribution is -0.150. The van der Waals surface area contributed by atoms with Gasteiger partial charge in [0.1, 0.15) is 18.1 Å². The van der Waals surface area contributed by atoms with E-state index in [1.165, 1.54) is 17.0 Å². The first-order chi connectivity index (χ1) is 17.7. The molecular weight excluding hydrogens is 491 g/mol. The van der Waals surface area contributed by atoms with Crippen LogP contribution in [0.3, 0.4) is 0 Å². The van der Waals surface area contributed by atoms with Gasteiger partial charge in [0.25, 0.3) is 0 Å². The Morgan fingerprint density at radius 3 is 2.41 bits per heavy atom. The van der Waals surface area contributed by atoms with Gasteiger partial charge < -0.3 is 24.2 Å². The first-order valence-corrected chi connectivity index (χ1v) is 12.4. The number of carbonyl (C=O) groups is 2. The first-order valence-electron chi connectivity index (χ1n) is 12.4. The Hall–Kier alpha value is -3.27. The summed E-state index contributed by atoms with van der Waals surface area (Å²) in [5.74, 6) is -0.346. The van der Waals surface area contributed by atoms with Crippen molar-refractivity contribution in [2.24, 2.45) is 5.92 Å². The van der Waals surface area contributed by atoms with Gasteiger partial charge in [0.05, 0.1) is 12.1 Å². The van der Waals surface area contributed by atoms with Gasteiger partial charge in [-0.05, 0) is 61.6 Å². The lowest BCUT2D eigenvalue weighted by Crippen LogP contribution is -2.39. The normalized spacial score (nSPS) is 14.8. The molecule has 1 aliphatic carbocycles. The number of carboxylic acid groups (broad SMARTS) is 1. The van der Waals surface area contributed by atoms with Crippen LogP contribution >= 0.6 is 0 Å². The van der Waals surface area contributed by atoms with Gasteiger partial charge in [0, 0.05) is 19.6 Å². The number of aliphatic carboxylic acids is 1. The van der Waals surface area contributed by atoms with E-state index in [1.807, 2.05) is 0 Å². The molecule has 3 rings (SSSR count). The largest absolute Gasteiger partial charge is 0.492 e. The van der Waals surface area contributed by atoms with Gasteiger partial charge >= 0.3 is 18.2 Å². The average molecular weight is 524 g/mol. The van der Waals surface area contributed by atoms with Crippen LogP contribution in [0.5, 0.6) is 11.5 Å². The van der Waals surface area contributed by atoms with Gasteiger partial charge in [-0.15, -0.1) is 0 Å². The number of nitrogens with zero attached hydrogens (tertiary/aromatic N) is 1. The molecule has 1 unspecified atom stereocenters. The molecule has 1 N–H and O–H groups in total. The molecule has 1 fully saturated rings. The Bertz CT molecular complexity index is 1020. The number of benzene rings is 2. The zero-order chi connectivity index (χ0) is 26.8. The van der Waals surface area contributed by atoms with Crippen LogP contribution in [-0.2, 0) is 22.1 Å². The van der Waals surface area contributed by atoms with E-state index in [2.05, 4.69) is 0 Å². The average Bonchev–Trinajstić information content (AvgIpc) is 3.37. The third-order valence-electron chi connectivity index (χ3n) is 6.20. The third-order valence-corrected chi connectivity index (χ3v) is 6.20. The summed E-state index contributed by atoms with van der Waals surface area (Å²) < 4.78 is 55.4. The molecule has 1 amide bonds. The minimum absolute atomic E-state index is 0.153. The van der Waals surface area contributed by atoms with Crippen LogP contribution in [0.25, 0.3) is 0 Å². The molecule has 0 bridgehead atoms. The zero-order valence-corrected chi connectivity index (χ0v) is 20.7. The van der Waals surface area contributed by atoms with E-state index >= 15 is 0 Å². The van der Waals surface area contributed by atoms with E-state index in [4.69, 9.17) is 14.2 Å². The highest BCUT2D eigenvalue weighted by molar-refractivity contribution is 5.72. The molecule has 10 heteroatoms. The van der Waals surface area contributed by atoms with Gasteiger partial charge in [-0.1, -0.05) is 31.0 Å².